The first kappa shape index (κ1) is 10.2. The van der Waals surface area contributed by atoms with E-state index in [1.807, 2.05) is 17.9 Å². The molecule has 1 aliphatic rings. The molecule has 1 saturated heterocycles. The van der Waals surface area contributed by atoms with E-state index < -0.39 is 12.2 Å². The molecule has 1 fully saturated rings. The van der Waals surface area contributed by atoms with E-state index in [1.165, 1.54) is 0 Å². The zero-order valence-corrected chi connectivity index (χ0v) is 8.59. The lowest BCUT2D eigenvalue weighted by molar-refractivity contribution is 0.0572. The summed E-state index contributed by atoms with van der Waals surface area (Å²) < 4.78 is 0. The topological polar surface area (TPSA) is 82.6 Å². The number of β-amino-alcohol motifs (C(OH)–C–C–N with tert-alkyl or cyclic N) is 2. The SMILES string of the molecule is Cc1cc(N)cnc1N1CC(O)C(O)C1. The van der Waals surface area contributed by atoms with Gasteiger partial charge in [0.2, 0.25) is 0 Å². The number of hydrogen-bond donors (Lipinski definition) is 3. The first-order chi connectivity index (χ1) is 7.08. The van der Waals surface area contributed by atoms with Gasteiger partial charge in [0.25, 0.3) is 0 Å². The molecule has 2 heterocycles. The van der Waals surface area contributed by atoms with Crippen LogP contribution in [-0.4, -0.2) is 40.5 Å². The quantitative estimate of drug-likeness (QED) is 0.581. The molecule has 4 N–H and O–H groups in total. The molecule has 5 nitrogen and oxygen atoms in total. The summed E-state index contributed by atoms with van der Waals surface area (Å²) in [7, 11) is 0. The number of aliphatic hydroxyl groups excluding tert-OH is 2. The lowest BCUT2D eigenvalue weighted by atomic mass is 10.2. The van der Waals surface area contributed by atoms with E-state index in [9.17, 15) is 10.2 Å². The van der Waals surface area contributed by atoms with Crippen LogP contribution in [0, 0.1) is 6.92 Å². The third kappa shape index (κ3) is 1.88. The van der Waals surface area contributed by atoms with Crippen LogP contribution in [0.5, 0.6) is 0 Å². The van der Waals surface area contributed by atoms with Crippen LogP contribution in [-0.2, 0) is 0 Å². The second kappa shape index (κ2) is 3.67. The molecule has 15 heavy (non-hydrogen) atoms. The Labute approximate surface area is 88.2 Å². The molecule has 5 heteroatoms. The minimum Gasteiger partial charge on any atom is -0.397 e. The molecule has 1 aromatic rings. The van der Waals surface area contributed by atoms with Crippen LogP contribution < -0.4 is 10.6 Å². The highest BCUT2D eigenvalue weighted by Crippen LogP contribution is 2.23. The highest BCUT2D eigenvalue weighted by molar-refractivity contribution is 5.53. The third-order valence-corrected chi connectivity index (χ3v) is 2.63. The Morgan fingerprint density at radius 3 is 2.53 bits per heavy atom. The number of nitrogen functional groups attached to an aromatic ring is 1. The summed E-state index contributed by atoms with van der Waals surface area (Å²) in [6.45, 7) is 2.74. The second-order valence-corrected chi connectivity index (χ2v) is 3.95. The van der Waals surface area contributed by atoms with Crippen LogP contribution in [0.25, 0.3) is 0 Å². The van der Waals surface area contributed by atoms with Gasteiger partial charge >= 0.3 is 0 Å². The molecule has 0 spiro atoms. The van der Waals surface area contributed by atoms with Gasteiger partial charge in [-0.2, -0.15) is 0 Å². The van der Waals surface area contributed by atoms with Crippen LogP contribution in [0.4, 0.5) is 11.5 Å². The fourth-order valence-electron chi connectivity index (χ4n) is 1.86. The van der Waals surface area contributed by atoms with Gasteiger partial charge in [-0.05, 0) is 18.6 Å². The van der Waals surface area contributed by atoms with E-state index in [0.717, 1.165) is 11.4 Å². The minimum atomic E-state index is -0.691. The normalized spacial score (nSPS) is 25.9. The summed E-state index contributed by atoms with van der Waals surface area (Å²) in [6, 6.07) is 1.83. The van der Waals surface area contributed by atoms with E-state index in [2.05, 4.69) is 4.98 Å². The molecular formula is C10H15N3O2. The van der Waals surface area contributed by atoms with E-state index in [0.29, 0.717) is 18.8 Å². The van der Waals surface area contributed by atoms with Gasteiger partial charge in [-0.3, -0.25) is 0 Å². The van der Waals surface area contributed by atoms with Crippen LogP contribution >= 0.6 is 0 Å². The zero-order valence-electron chi connectivity index (χ0n) is 8.59. The predicted molar refractivity (Wildman–Crippen MR) is 57.6 cm³/mol. The lowest BCUT2D eigenvalue weighted by Crippen LogP contribution is -2.23. The van der Waals surface area contributed by atoms with Gasteiger partial charge in [0.15, 0.2) is 0 Å². The summed E-state index contributed by atoms with van der Waals surface area (Å²) in [5.74, 6) is 0.778. The Bertz CT molecular complexity index is 360. The van der Waals surface area contributed by atoms with Crippen molar-refractivity contribution in [2.24, 2.45) is 0 Å². The van der Waals surface area contributed by atoms with Gasteiger partial charge in [-0.25, -0.2) is 4.98 Å². The van der Waals surface area contributed by atoms with Crippen molar-refractivity contribution >= 4 is 11.5 Å². The molecule has 2 unspecified atom stereocenters. The van der Waals surface area contributed by atoms with Crippen LogP contribution in [0.2, 0.25) is 0 Å². The summed E-state index contributed by atoms with van der Waals surface area (Å²) in [6.07, 6.45) is 0.201. The number of aliphatic hydroxyl groups is 2. The lowest BCUT2D eigenvalue weighted by Gasteiger charge is -2.18. The van der Waals surface area contributed by atoms with Crippen molar-refractivity contribution in [3.63, 3.8) is 0 Å². The zero-order chi connectivity index (χ0) is 11.0. The molecule has 0 radical (unpaired) electrons. The number of hydrogen-bond acceptors (Lipinski definition) is 5. The summed E-state index contributed by atoms with van der Waals surface area (Å²) >= 11 is 0. The average Bonchev–Trinajstić information content (AvgIpc) is 2.46. The van der Waals surface area contributed by atoms with E-state index in [-0.39, 0.29) is 0 Å². The van der Waals surface area contributed by atoms with Crippen molar-refractivity contribution in [1.82, 2.24) is 4.98 Å². The first-order valence-electron chi connectivity index (χ1n) is 4.91. The van der Waals surface area contributed by atoms with Crippen molar-refractivity contribution in [1.29, 1.82) is 0 Å². The molecule has 0 bridgehead atoms. The Balaban J connectivity index is 2.24. The molecule has 0 aromatic carbocycles. The Morgan fingerprint density at radius 2 is 2.00 bits per heavy atom. The molecule has 1 aromatic heterocycles. The van der Waals surface area contributed by atoms with Crippen LogP contribution in [0.3, 0.4) is 0 Å². The van der Waals surface area contributed by atoms with Crippen molar-refractivity contribution < 1.29 is 10.2 Å². The predicted octanol–water partition coefficient (Wildman–Crippen LogP) is -0.486. The molecular weight excluding hydrogens is 194 g/mol. The maximum absolute atomic E-state index is 9.43. The molecule has 2 rings (SSSR count). The maximum Gasteiger partial charge on any atom is 0.131 e. The number of nitrogens with zero attached hydrogens (tertiary/aromatic N) is 2. The van der Waals surface area contributed by atoms with Gasteiger partial charge in [-0.1, -0.05) is 0 Å². The van der Waals surface area contributed by atoms with Gasteiger partial charge in [0.05, 0.1) is 24.1 Å². The van der Waals surface area contributed by atoms with Gasteiger partial charge in [-0.15, -0.1) is 0 Å². The van der Waals surface area contributed by atoms with E-state index in [4.69, 9.17) is 5.73 Å². The van der Waals surface area contributed by atoms with Crippen molar-refractivity contribution in [2.75, 3.05) is 23.7 Å². The van der Waals surface area contributed by atoms with E-state index in [1.54, 1.807) is 6.20 Å². The minimum absolute atomic E-state index is 0.416. The second-order valence-electron chi connectivity index (χ2n) is 3.95. The summed E-state index contributed by atoms with van der Waals surface area (Å²) in [4.78, 5) is 6.07. The average molecular weight is 209 g/mol. The Kier molecular flexibility index (Phi) is 2.50. The summed E-state index contributed by atoms with van der Waals surface area (Å²) in [5, 5.41) is 18.9. The first-order valence-corrected chi connectivity index (χ1v) is 4.91. The molecule has 1 aliphatic heterocycles. The van der Waals surface area contributed by atoms with Crippen molar-refractivity contribution in [3.05, 3.63) is 17.8 Å². The molecule has 0 amide bonds. The molecule has 2 atom stereocenters. The van der Waals surface area contributed by atoms with Gasteiger partial charge in [0, 0.05) is 13.1 Å². The fourth-order valence-corrected chi connectivity index (χ4v) is 1.86. The van der Waals surface area contributed by atoms with E-state index >= 15 is 0 Å². The highest BCUT2D eigenvalue weighted by Gasteiger charge is 2.30. The van der Waals surface area contributed by atoms with Crippen molar-refractivity contribution in [2.45, 2.75) is 19.1 Å². The molecule has 0 saturated carbocycles. The highest BCUT2D eigenvalue weighted by atomic mass is 16.3. The van der Waals surface area contributed by atoms with Gasteiger partial charge in [0.1, 0.15) is 5.82 Å². The molecule has 0 aliphatic carbocycles. The largest absolute Gasteiger partial charge is 0.397 e. The number of aryl methyl sites for hydroxylation is 1. The number of anilines is 2. The smallest absolute Gasteiger partial charge is 0.131 e. The Hall–Kier alpha value is -1.33. The standard InChI is InChI=1S/C10H15N3O2/c1-6-2-7(11)3-12-10(6)13-4-8(14)9(15)5-13/h2-3,8-9,14-15H,4-5,11H2,1H3. The number of nitrogens with two attached hydrogens (primary N) is 1. The Morgan fingerprint density at radius 1 is 1.40 bits per heavy atom. The van der Waals surface area contributed by atoms with Gasteiger partial charge < -0.3 is 20.8 Å². The molecule has 82 valence electrons. The summed E-state index contributed by atoms with van der Waals surface area (Å²) in [5.41, 5.74) is 7.18. The fraction of sp³-hybridized carbons (Fsp3) is 0.500. The van der Waals surface area contributed by atoms with Crippen LogP contribution in [0.1, 0.15) is 5.56 Å². The van der Waals surface area contributed by atoms with Crippen LogP contribution in [0.15, 0.2) is 12.3 Å². The number of aromatic nitrogens is 1. The maximum atomic E-state index is 9.43. The number of pyridine rings is 1. The van der Waals surface area contributed by atoms with Crippen molar-refractivity contribution in [3.8, 4) is 0 Å². The third-order valence-electron chi connectivity index (χ3n) is 2.63. The monoisotopic (exact) mass is 209 g/mol. The number of rotatable bonds is 1.